The van der Waals surface area contributed by atoms with Gasteiger partial charge in [-0.2, -0.15) is 0 Å². The van der Waals surface area contributed by atoms with Crippen LogP contribution in [0, 0.1) is 0 Å². The Morgan fingerprint density at radius 1 is 1.13 bits per heavy atom. The van der Waals surface area contributed by atoms with E-state index in [0.29, 0.717) is 6.04 Å². The summed E-state index contributed by atoms with van der Waals surface area (Å²) in [4.78, 5) is 0. The topological polar surface area (TPSA) is 21.3 Å². The van der Waals surface area contributed by atoms with Crippen LogP contribution in [0.3, 0.4) is 0 Å². The molecule has 1 aliphatic heterocycles. The van der Waals surface area contributed by atoms with Gasteiger partial charge in [0.2, 0.25) is 0 Å². The van der Waals surface area contributed by atoms with Gasteiger partial charge in [-0.05, 0) is 56.8 Å². The van der Waals surface area contributed by atoms with Crippen LogP contribution in [0.15, 0.2) is 27.1 Å². The lowest BCUT2D eigenvalue weighted by atomic mass is 10.1. The molecule has 0 bridgehead atoms. The number of hydrogen-bond acceptors (Lipinski definition) is 2. The summed E-state index contributed by atoms with van der Waals surface area (Å²) in [5.74, 6) is 0. The number of benzene rings is 1. The lowest BCUT2D eigenvalue weighted by Gasteiger charge is -2.25. The molecule has 15 heavy (non-hydrogen) atoms. The van der Waals surface area contributed by atoms with Crippen molar-refractivity contribution in [2.75, 3.05) is 18.5 Å². The van der Waals surface area contributed by atoms with Crippen LogP contribution in [-0.2, 0) is 4.74 Å². The van der Waals surface area contributed by atoms with Crippen LogP contribution in [0.4, 0.5) is 5.69 Å². The van der Waals surface area contributed by atoms with Crippen LogP contribution in [0.1, 0.15) is 12.8 Å². The van der Waals surface area contributed by atoms with E-state index in [9.17, 15) is 0 Å². The van der Waals surface area contributed by atoms with Crippen molar-refractivity contribution >= 4 is 37.5 Å². The number of para-hydroxylation sites is 1. The van der Waals surface area contributed by atoms with E-state index in [1.807, 2.05) is 18.2 Å². The molecule has 0 aliphatic carbocycles. The van der Waals surface area contributed by atoms with E-state index in [1.54, 1.807) is 0 Å². The van der Waals surface area contributed by atoms with Crippen LogP contribution >= 0.6 is 31.9 Å². The van der Waals surface area contributed by atoms with Gasteiger partial charge in [0.15, 0.2) is 0 Å². The van der Waals surface area contributed by atoms with Gasteiger partial charge in [-0.1, -0.05) is 6.07 Å². The summed E-state index contributed by atoms with van der Waals surface area (Å²) >= 11 is 7.10. The standard InChI is InChI=1S/C11H13Br2NO/c12-9-2-1-3-10(13)11(9)14-8-4-6-15-7-5-8/h1-3,8,14H,4-7H2. The minimum Gasteiger partial charge on any atom is -0.381 e. The summed E-state index contributed by atoms with van der Waals surface area (Å²) in [6.07, 6.45) is 2.15. The first-order valence-corrected chi connectivity index (χ1v) is 6.64. The van der Waals surface area contributed by atoms with Crippen molar-refractivity contribution in [1.29, 1.82) is 0 Å². The van der Waals surface area contributed by atoms with Gasteiger partial charge in [-0.3, -0.25) is 0 Å². The smallest absolute Gasteiger partial charge is 0.0631 e. The molecule has 4 heteroatoms. The minimum atomic E-state index is 0.522. The minimum absolute atomic E-state index is 0.522. The first kappa shape index (κ1) is 11.4. The van der Waals surface area contributed by atoms with Crippen molar-refractivity contribution in [2.24, 2.45) is 0 Å². The molecule has 0 spiro atoms. The van der Waals surface area contributed by atoms with Gasteiger partial charge in [-0.25, -0.2) is 0 Å². The van der Waals surface area contributed by atoms with Gasteiger partial charge in [0, 0.05) is 28.2 Å². The van der Waals surface area contributed by atoms with E-state index in [1.165, 1.54) is 0 Å². The molecule has 0 unspecified atom stereocenters. The summed E-state index contributed by atoms with van der Waals surface area (Å²) in [6, 6.07) is 6.64. The summed E-state index contributed by atoms with van der Waals surface area (Å²) in [7, 11) is 0. The highest BCUT2D eigenvalue weighted by molar-refractivity contribution is 9.11. The van der Waals surface area contributed by atoms with Crippen molar-refractivity contribution in [3.05, 3.63) is 27.1 Å². The molecular formula is C11H13Br2NO. The third-order valence-electron chi connectivity index (χ3n) is 2.53. The van der Waals surface area contributed by atoms with E-state index in [2.05, 4.69) is 37.2 Å². The molecule has 0 saturated carbocycles. The van der Waals surface area contributed by atoms with Gasteiger partial charge < -0.3 is 10.1 Å². The molecule has 1 aromatic carbocycles. The predicted molar refractivity (Wildman–Crippen MR) is 69.3 cm³/mol. The Labute approximate surface area is 107 Å². The fourth-order valence-corrected chi connectivity index (χ4v) is 2.91. The van der Waals surface area contributed by atoms with Crippen molar-refractivity contribution in [2.45, 2.75) is 18.9 Å². The molecular weight excluding hydrogens is 322 g/mol. The molecule has 1 heterocycles. The van der Waals surface area contributed by atoms with Crippen LogP contribution in [-0.4, -0.2) is 19.3 Å². The zero-order valence-electron chi connectivity index (χ0n) is 8.30. The number of rotatable bonds is 2. The predicted octanol–water partition coefficient (Wildman–Crippen LogP) is 3.80. The lowest BCUT2D eigenvalue weighted by Crippen LogP contribution is -2.28. The molecule has 0 radical (unpaired) electrons. The van der Waals surface area contributed by atoms with Crippen LogP contribution in [0.2, 0.25) is 0 Å². The number of halogens is 2. The lowest BCUT2D eigenvalue weighted by molar-refractivity contribution is 0.0904. The molecule has 1 saturated heterocycles. The molecule has 2 nitrogen and oxygen atoms in total. The summed E-state index contributed by atoms with van der Waals surface area (Å²) in [6.45, 7) is 1.72. The van der Waals surface area contributed by atoms with Crippen molar-refractivity contribution in [1.82, 2.24) is 0 Å². The van der Waals surface area contributed by atoms with Crippen LogP contribution in [0.25, 0.3) is 0 Å². The van der Waals surface area contributed by atoms with Gasteiger partial charge in [0.25, 0.3) is 0 Å². The molecule has 1 aromatic rings. The number of ether oxygens (including phenoxy) is 1. The van der Waals surface area contributed by atoms with Crippen molar-refractivity contribution in [3.8, 4) is 0 Å². The van der Waals surface area contributed by atoms with E-state index < -0.39 is 0 Å². The number of hydrogen-bond donors (Lipinski definition) is 1. The molecule has 0 amide bonds. The maximum atomic E-state index is 5.33. The second-order valence-electron chi connectivity index (χ2n) is 3.63. The third-order valence-corrected chi connectivity index (χ3v) is 3.85. The summed E-state index contributed by atoms with van der Waals surface area (Å²) in [5.41, 5.74) is 1.14. The SMILES string of the molecule is Brc1cccc(Br)c1NC1CCOCC1. The van der Waals surface area contributed by atoms with E-state index in [4.69, 9.17) is 4.74 Å². The molecule has 1 aliphatic rings. The highest BCUT2D eigenvalue weighted by Crippen LogP contribution is 2.32. The van der Waals surface area contributed by atoms with Gasteiger partial charge in [-0.15, -0.1) is 0 Å². The van der Waals surface area contributed by atoms with Crippen LogP contribution < -0.4 is 5.32 Å². The fourth-order valence-electron chi connectivity index (χ4n) is 1.68. The zero-order valence-corrected chi connectivity index (χ0v) is 11.5. The third kappa shape index (κ3) is 2.95. The Bertz CT molecular complexity index is 317. The highest BCUT2D eigenvalue weighted by Gasteiger charge is 2.15. The monoisotopic (exact) mass is 333 g/mol. The average molecular weight is 335 g/mol. The first-order valence-electron chi connectivity index (χ1n) is 5.05. The fraction of sp³-hybridized carbons (Fsp3) is 0.455. The molecule has 82 valence electrons. The Balaban J connectivity index is 2.09. The molecule has 1 N–H and O–H groups in total. The van der Waals surface area contributed by atoms with E-state index in [0.717, 1.165) is 40.7 Å². The van der Waals surface area contributed by atoms with E-state index in [-0.39, 0.29) is 0 Å². The first-order chi connectivity index (χ1) is 7.27. The van der Waals surface area contributed by atoms with Gasteiger partial charge in [0.1, 0.15) is 0 Å². The Morgan fingerprint density at radius 3 is 2.33 bits per heavy atom. The molecule has 0 aromatic heterocycles. The quantitative estimate of drug-likeness (QED) is 0.888. The van der Waals surface area contributed by atoms with Gasteiger partial charge >= 0.3 is 0 Å². The zero-order chi connectivity index (χ0) is 10.7. The molecule has 1 fully saturated rings. The Hall–Kier alpha value is -0.0600. The van der Waals surface area contributed by atoms with Gasteiger partial charge in [0.05, 0.1) is 5.69 Å². The van der Waals surface area contributed by atoms with E-state index >= 15 is 0 Å². The molecule has 2 rings (SSSR count). The normalized spacial score (nSPS) is 17.7. The molecule has 0 atom stereocenters. The maximum Gasteiger partial charge on any atom is 0.0631 e. The Kier molecular flexibility index (Phi) is 4.05. The number of nitrogens with one attached hydrogen (secondary N) is 1. The second-order valence-corrected chi connectivity index (χ2v) is 5.34. The van der Waals surface area contributed by atoms with Crippen molar-refractivity contribution in [3.63, 3.8) is 0 Å². The number of anilines is 1. The van der Waals surface area contributed by atoms with Crippen LogP contribution in [0.5, 0.6) is 0 Å². The highest BCUT2D eigenvalue weighted by atomic mass is 79.9. The Morgan fingerprint density at radius 2 is 1.73 bits per heavy atom. The summed E-state index contributed by atoms with van der Waals surface area (Å²) in [5, 5.41) is 3.54. The maximum absolute atomic E-state index is 5.33. The second kappa shape index (κ2) is 5.32. The van der Waals surface area contributed by atoms with Crippen molar-refractivity contribution < 1.29 is 4.74 Å². The average Bonchev–Trinajstić information content (AvgIpc) is 2.25. The summed E-state index contributed by atoms with van der Waals surface area (Å²) < 4.78 is 7.54. The largest absolute Gasteiger partial charge is 0.381 e.